The van der Waals surface area contributed by atoms with Gasteiger partial charge in [0.2, 0.25) is 11.1 Å². The molecule has 3 N–H and O–H groups in total. The van der Waals surface area contributed by atoms with E-state index in [-0.39, 0.29) is 22.9 Å². The van der Waals surface area contributed by atoms with Crippen LogP contribution in [0, 0.1) is 31.0 Å². The molecule has 0 spiro atoms. The lowest BCUT2D eigenvalue weighted by Crippen LogP contribution is -2.24. The predicted molar refractivity (Wildman–Crippen MR) is 122 cm³/mol. The Balaban J connectivity index is 1.80. The first kappa shape index (κ1) is 23.3. The Labute approximate surface area is 190 Å². The van der Waals surface area contributed by atoms with E-state index in [4.69, 9.17) is 5.84 Å². The molecule has 10 heteroatoms. The Morgan fingerprint density at radius 2 is 1.91 bits per heavy atom. The third-order valence-corrected chi connectivity index (χ3v) is 6.06. The van der Waals surface area contributed by atoms with E-state index >= 15 is 0 Å². The van der Waals surface area contributed by atoms with Crippen LogP contribution in [-0.4, -0.2) is 31.1 Å². The summed E-state index contributed by atoms with van der Waals surface area (Å²) in [6.45, 7) is 10.0. The summed E-state index contributed by atoms with van der Waals surface area (Å²) < 4.78 is 16.5. The molecule has 0 aliphatic carbocycles. The molecule has 0 aliphatic heterocycles. The molecule has 3 rings (SSSR count). The van der Waals surface area contributed by atoms with Crippen molar-refractivity contribution in [1.29, 1.82) is 5.26 Å². The average molecular weight is 456 g/mol. The Morgan fingerprint density at radius 1 is 1.25 bits per heavy atom. The van der Waals surface area contributed by atoms with Crippen LogP contribution in [0.2, 0.25) is 0 Å². The summed E-state index contributed by atoms with van der Waals surface area (Å²) in [5.41, 5.74) is 2.62. The Kier molecular flexibility index (Phi) is 6.60. The van der Waals surface area contributed by atoms with Crippen molar-refractivity contribution in [2.24, 2.45) is 0 Å². The van der Waals surface area contributed by atoms with Crippen LogP contribution in [0.15, 0.2) is 29.4 Å². The average Bonchev–Trinajstić information content (AvgIpc) is 3.20. The van der Waals surface area contributed by atoms with E-state index < -0.39 is 0 Å². The molecule has 2 aromatic heterocycles. The summed E-state index contributed by atoms with van der Waals surface area (Å²) in [7, 11) is 0. The van der Waals surface area contributed by atoms with Gasteiger partial charge < -0.3 is 15.7 Å². The fourth-order valence-electron chi connectivity index (χ4n) is 3.29. The highest BCUT2D eigenvalue weighted by Crippen LogP contribution is 2.28. The first-order valence-electron chi connectivity index (χ1n) is 10.0. The number of aromatic nitrogens is 4. The van der Waals surface area contributed by atoms with Crippen LogP contribution in [0.3, 0.4) is 0 Å². The van der Waals surface area contributed by atoms with Crippen LogP contribution < -0.4 is 11.2 Å². The van der Waals surface area contributed by atoms with Crippen LogP contribution in [0.5, 0.6) is 0 Å². The highest BCUT2D eigenvalue weighted by atomic mass is 32.2. The third-order valence-electron chi connectivity index (χ3n) is 5.12. The number of hydrogen-bond donors (Lipinski definition) is 2. The molecule has 1 amide bonds. The van der Waals surface area contributed by atoms with Crippen LogP contribution in [0.4, 0.5) is 10.2 Å². The van der Waals surface area contributed by atoms with E-state index in [1.807, 2.05) is 39.2 Å². The van der Waals surface area contributed by atoms with E-state index in [2.05, 4.69) is 21.6 Å². The molecule has 0 atom stereocenters. The maximum atomic E-state index is 13.3. The van der Waals surface area contributed by atoms with Crippen molar-refractivity contribution in [3.8, 4) is 6.07 Å². The number of halogens is 1. The van der Waals surface area contributed by atoms with Gasteiger partial charge in [0, 0.05) is 17.7 Å². The minimum atomic E-state index is -0.320. The molecule has 0 saturated heterocycles. The third kappa shape index (κ3) is 4.78. The summed E-state index contributed by atoms with van der Waals surface area (Å²) in [5, 5.41) is 21.2. The number of nitrogen functional groups attached to an aromatic ring is 1. The van der Waals surface area contributed by atoms with Crippen LogP contribution in [0.1, 0.15) is 49.0 Å². The van der Waals surface area contributed by atoms with E-state index in [0.29, 0.717) is 28.9 Å². The lowest BCUT2D eigenvalue weighted by molar-refractivity contribution is -0.113. The predicted octanol–water partition coefficient (Wildman–Crippen LogP) is 3.50. The van der Waals surface area contributed by atoms with Gasteiger partial charge in [0.15, 0.2) is 5.82 Å². The van der Waals surface area contributed by atoms with Gasteiger partial charge in [-0.3, -0.25) is 4.79 Å². The van der Waals surface area contributed by atoms with Gasteiger partial charge in [0.05, 0.1) is 11.3 Å². The molecule has 32 heavy (non-hydrogen) atoms. The van der Waals surface area contributed by atoms with Crippen molar-refractivity contribution in [1.82, 2.24) is 19.4 Å². The number of carbonyl (C=O) groups is 1. The number of rotatable bonds is 6. The van der Waals surface area contributed by atoms with Crippen molar-refractivity contribution in [3.63, 3.8) is 0 Å². The number of amides is 1. The van der Waals surface area contributed by atoms with Crippen molar-refractivity contribution in [2.45, 2.75) is 51.7 Å². The standard InChI is InChI=1S/C22H26FN7OS/c1-13-14(2)29(11-15-6-8-16(23)9-7-15)19(17(13)10-24)26-18(31)12-32-21-28-27-20(30(21)25)22(3,4)5/h6-9H,11-12,25H2,1-5H3,(H,26,31). The van der Waals surface area contributed by atoms with Gasteiger partial charge in [-0.15, -0.1) is 10.2 Å². The second kappa shape index (κ2) is 9.04. The Bertz CT molecular complexity index is 1180. The van der Waals surface area contributed by atoms with E-state index in [0.717, 1.165) is 16.8 Å². The fraction of sp³-hybridized carbons (Fsp3) is 0.364. The zero-order chi connectivity index (χ0) is 23.6. The molecule has 8 nitrogen and oxygen atoms in total. The summed E-state index contributed by atoms with van der Waals surface area (Å²) in [6, 6.07) is 8.31. The molecular formula is C22H26FN7OS. The lowest BCUT2D eigenvalue weighted by Gasteiger charge is -2.16. The number of anilines is 1. The second-order valence-corrected chi connectivity index (χ2v) is 9.46. The largest absolute Gasteiger partial charge is 0.336 e. The maximum absolute atomic E-state index is 13.3. The SMILES string of the molecule is Cc1c(C#N)c(NC(=O)CSc2nnc(C(C)(C)C)n2N)n(Cc2ccc(F)cc2)c1C. The number of nitriles is 1. The summed E-state index contributed by atoms with van der Waals surface area (Å²) >= 11 is 1.17. The molecule has 168 valence electrons. The first-order valence-corrected chi connectivity index (χ1v) is 11.0. The smallest absolute Gasteiger partial charge is 0.235 e. The molecule has 0 unspecified atom stereocenters. The van der Waals surface area contributed by atoms with Gasteiger partial charge >= 0.3 is 0 Å². The Morgan fingerprint density at radius 3 is 2.47 bits per heavy atom. The van der Waals surface area contributed by atoms with E-state index in [1.165, 1.54) is 28.6 Å². The van der Waals surface area contributed by atoms with Crippen molar-refractivity contribution in [2.75, 3.05) is 16.9 Å². The maximum Gasteiger partial charge on any atom is 0.235 e. The fourth-order valence-corrected chi connectivity index (χ4v) is 3.94. The van der Waals surface area contributed by atoms with Gasteiger partial charge in [-0.25, -0.2) is 9.07 Å². The monoisotopic (exact) mass is 455 g/mol. The van der Waals surface area contributed by atoms with E-state index in [1.54, 1.807) is 12.1 Å². The molecule has 2 heterocycles. The highest BCUT2D eigenvalue weighted by molar-refractivity contribution is 7.99. The highest BCUT2D eigenvalue weighted by Gasteiger charge is 2.24. The van der Waals surface area contributed by atoms with Crippen molar-refractivity contribution >= 4 is 23.5 Å². The van der Waals surface area contributed by atoms with Gasteiger partial charge in [-0.05, 0) is 37.1 Å². The molecule has 0 aliphatic rings. The topological polar surface area (TPSA) is 115 Å². The minimum absolute atomic E-state index is 0.0458. The van der Waals surface area contributed by atoms with Crippen molar-refractivity contribution < 1.29 is 9.18 Å². The number of thioether (sulfide) groups is 1. The normalized spacial score (nSPS) is 11.4. The zero-order valence-corrected chi connectivity index (χ0v) is 19.5. The lowest BCUT2D eigenvalue weighted by atomic mass is 9.96. The quantitative estimate of drug-likeness (QED) is 0.434. The molecule has 0 fully saturated rings. The van der Waals surface area contributed by atoms with Gasteiger partial charge in [-0.1, -0.05) is 44.7 Å². The molecule has 3 aromatic rings. The van der Waals surface area contributed by atoms with Crippen LogP contribution >= 0.6 is 11.8 Å². The second-order valence-electron chi connectivity index (χ2n) is 8.52. The first-order chi connectivity index (χ1) is 15.0. The number of nitrogens with two attached hydrogens (primary N) is 1. The van der Waals surface area contributed by atoms with Crippen LogP contribution in [-0.2, 0) is 16.8 Å². The number of nitrogens with zero attached hydrogens (tertiary/aromatic N) is 5. The molecule has 1 aromatic carbocycles. The summed E-state index contributed by atoms with van der Waals surface area (Å²) in [5.74, 6) is 6.54. The van der Waals surface area contributed by atoms with Crippen LogP contribution in [0.25, 0.3) is 0 Å². The van der Waals surface area contributed by atoms with Gasteiger partial charge in [0.25, 0.3) is 0 Å². The van der Waals surface area contributed by atoms with Crippen molar-refractivity contribution in [3.05, 3.63) is 58.3 Å². The zero-order valence-electron chi connectivity index (χ0n) is 18.7. The van der Waals surface area contributed by atoms with Gasteiger partial charge in [-0.2, -0.15) is 5.26 Å². The molecule has 0 bridgehead atoms. The van der Waals surface area contributed by atoms with Gasteiger partial charge in [0.1, 0.15) is 17.7 Å². The minimum Gasteiger partial charge on any atom is -0.336 e. The number of nitrogens with one attached hydrogen (secondary N) is 1. The molecule has 0 radical (unpaired) electrons. The molecule has 0 saturated carbocycles. The summed E-state index contributed by atoms with van der Waals surface area (Å²) in [6.07, 6.45) is 0. The number of hydrogen-bond acceptors (Lipinski definition) is 6. The number of benzene rings is 1. The Hall–Kier alpha value is -3.32. The van der Waals surface area contributed by atoms with E-state index in [9.17, 15) is 14.4 Å². The molecular weight excluding hydrogens is 429 g/mol. The number of carbonyl (C=O) groups excluding carboxylic acids is 1. The summed E-state index contributed by atoms with van der Waals surface area (Å²) in [4.78, 5) is 12.7.